The Bertz CT molecular complexity index is 678. The lowest BCUT2D eigenvalue weighted by Crippen LogP contribution is -2.48. The highest BCUT2D eigenvalue weighted by Gasteiger charge is 2.19. The second-order valence-corrected chi connectivity index (χ2v) is 8.89. The fourth-order valence-corrected chi connectivity index (χ4v) is 3.77. The number of likely N-dealkylation sites (tertiary alicyclic amines) is 1. The minimum absolute atomic E-state index is 0.342. The molecule has 1 aliphatic heterocycles. The molecule has 1 saturated heterocycles. The Labute approximate surface area is 158 Å². The predicted octanol–water partition coefficient (Wildman–Crippen LogP) is 2.02. The van der Waals surface area contributed by atoms with E-state index in [1.807, 2.05) is 12.1 Å². The summed E-state index contributed by atoms with van der Waals surface area (Å²) in [5.41, 5.74) is 0.993. The molecule has 0 aliphatic carbocycles. The van der Waals surface area contributed by atoms with E-state index in [0.717, 1.165) is 44.0 Å². The van der Waals surface area contributed by atoms with E-state index in [-0.39, 0.29) is 0 Å². The molecule has 0 atom stereocenters. The molecule has 0 bridgehead atoms. The van der Waals surface area contributed by atoms with Gasteiger partial charge < -0.3 is 15.5 Å². The van der Waals surface area contributed by atoms with E-state index in [9.17, 15) is 8.42 Å². The number of hydrogen-bond donors (Lipinski definition) is 2. The fourth-order valence-electron chi connectivity index (χ4n) is 3.14. The van der Waals surface area contributed by atoms with Crippen molar-refractivity contribution in [1.82, 2.24) is 15.5 Å². The zero-order valence-corrected chi connectivity index (χ0v) is 17.0. The van der Waals surface area contributed by atoms with Crippen LogP contribution in [-0.4, -0.2) is 57.8 Å². The van der Waals surface area contributed by atoms with Crippen molar-refractivity contribution >= 4 is 15.8 Å². The molecule has 1 aliphatic rings. The van der Waals surface area contributed by atoms with Crippen molar-refractivity contribution in [1.29, 1.82) is 0 Å². The Balaban J connectivity index is 1.92. The first-order chi connectivity index (χ1) is 12.4. The molecule has 6 nitrogen and oxygen atoms in total. The normalized spacial score (nSPS) is 17.3. The summed E-state index contributed by atoms with van der Waals surface area (Å²) in [4.78, 5) is 7.52. The van der Waals surface area contributed by atoms with Gasteiger partial charge in [-0.2, -0.15) is 0 Å². The first-order valence-corrected chi connectivity index (χ1v) is 11.4. The molecule has 1 fully saturated rings. The molecule has 146 valence electrons. The summed E-state index contributed by atoms with van der Waals surface area (Å²) < 4.78 is 23.1. The average Bonchev–Trinajstić information content (AvgIpc) is 2.61. The molecule has 2 N–H and O–H groups in total. The van der Waals surface area contributed by atoms with Crippen LogP contribution >= 0.6 is 0 Å². The third-order valence-corrected chi connectivity index (χ3v) is 5.71. The molecule has 1 heterocycles. The topological polar surface area (TPSA) is 73.8 Å². The van der Waals surface area contributed by atoms with E-state index >= 15 is 0 Å². The summed E-state index contributed by atoms with van der Waals surface area (Å²) in [7, 11) is -3.15. The molecule has 0 spiro atoms. The summed E-state index contributed by atoms with van der Waals surface area (Å²) in [5.74, 6) is 0.827. The largest absolute Gasteiger partial charge is 0.357 e. The second-order valence-electron chi connectivity index (χ2n) is 6.87. The first kappa shape index (κ1) is 20.7. The van der Waals surface area contributed by atoms with Gasteiger partial charge in [-0.3, -0.25) is 0 Å². The van der Waals surface area contributed by atoms with E-state index in [2.05, 4.69) is 34.4 Å². The van der Waals surface area contributed by atoms with Gasteiger partial charge >= 0.3 is 0 Å². The molecule has 1 aromatic carbocycles. The van der Waals surface area contributed by atoms with Crippen molar-refractivity contribution in [2.45, 2.75) is 50.6 Å². The minimum atomic E-state index is -3.15. The van der Waals surface area contributed by atoms with Gasteiger partial charge in [-0.1, -0.05) is 19.1 Å². The van der Waals surface area contributed by atoms with Crippen molar-refractivity contribution in [3.05, 3.63) is 29.8 Å². The monoisotopic (exact) mass is 380 g/mol. The highest BCUT2D eigenvalue weighted by molar-refractivity contribution is 7.90. The van der Waals surface area contributed by atoms with E-state index in [0.29, 0.717) is 17.5 Å². The first-order valence-electron chi connectivity index (χ1n) is 9.48. The van der Waals surface area contributed by atoms with Crippen LogP contribution in [0.25, 0.3) is 0 Å². The number of nitrogens with one attached hydrogen (secondary N) is 2. The Hall–Kier alpha value is -1.60. The molecule has 0 aromatic heterocycles. The van der Waals surface area contributed by atoms with Gasteiger partial charge in [0.1, 0.15) is 0 Å². The van der Waals surface area contributed by atoms with Crippen LogP contribution in [0.4, 0.5) is 0 Å². The fraction of sp³-hybridized carbons (Fsp3) is 0.632. The number of nitrogens with zero attached hydrogens (tertiary/aromatic N) is 2. The predicted molar refractivity (Wildman–Crippen MR) is 107 cm³/mol. The Morgan fingerprint density at radius 2 is 1.85 bits per heavy atom. The maximum Gasteiger partial charge on any atom is 0.191 e. The van der Waals surface area contributed by atoms with Crippen molar-refractivity contribution in [2.24, 2.45) is 4.99 Å². The zero-order valence-electron chi connectivity index (χ0n) is 16.2. The van der Waals surface area contributed by atoms with Crippen molar-refractivity contribution < 1.29 is 8.42 Å². The van der Waals surface area contributed by atoms with E-state index in [1.54, 1.807) is 12.1 Å². The van der Waals surface area contributed by atoms with Crippen molar-refractivity contribution in [3.63, 3.8) is 0 Å². The molecule has 0 amide bonds. The smallest absolute Gasteiger partial charge is 0.191 e. The Morgan fingerprint density at radius 1 is 1.19 bits per heavy atom. The van der Waals surface area contributed by atoms with Crippen LogP contribution in [0.1, 0.15) is 38.7 Å². The van der Waals surface area contributed by atoms with E-state index in [1.165, 1.54) is 19.2 Å². The van der Waals surface area contributed by atoms with E-state index in [4.69, 9.17) is 0 Å². The van der Waals surface area contributed by atoms with Crippen LogP contribution in [0.15, 0.2) is 34.2 Å². The molecular weight excluding hydrogens is 348 g/mol. The number of piperidine rings is 1. The second kappa shape index (κ2) is 9.92. The van der Waals surface area contributed by atoms with Crippen molar-refractivity contribution in [3.8, 4) is 0 Å². The Kier molecular flexibility index (Phi) is 7.90. The SMILES string of the molecule is CCCN1CCC(NC(=NCc2ccc(S(C)(=O)=O)cc2)NCC)CC1. The van der Waals surface area contributed by atoms with Crippen LogP contribution in [0.3, 0.4) is 0 Å². The van der Waals surface area contributed by atoms with Gasteiger partial charge in [0.05, 0.1) is 11.4 Å². The van der Waals surface area contributed by atoms with Gasteiger partial charge in [-0.15, -0.1) is 0 Å². The van der Waals surface area contributed by atoms with Gasteiger partial charge in [0.15, 0.2) is 15.8 Å². The lowest BCUT2D eigenvalue weighted by molar-refractivity contribution is 0.206. The highest BCUT2D eigenvalue weighted by Crippen LogP contribution is 2.12. The molecule has 0 radical (unpaired) electrons. The minimum Gasteiger partial charge on any atom is -0.357 e. The van der Waals surface area contributed by atoms with E-state index < -0.39 is 9.84 Å². The molecular formula is C19H32N4O2S. The molecule has 0 unspecified atom stereocenters. The quantitative estimate of drug-likeness (QED) is 0.559. The van der Waals surface area contributed by atoms with Gasteiger partial charge in [0, 0.05) is 31.9 Å². The summed E-state index contributed by atoms with van der Waals surface area (Å²) in [6.07, 6.45) is 4.69. The molecule has 26 heavy (non-hydrogen) atoms. The molecule has 7 heteroatoms. The number of benzene rings is 1. The number of hydrogen-bond acceptors (Lipinski definition) is 4. The number of guanidine groups is 1. The lowest BCUT2D eigenvalue weighted by Gasteiger charge is -2.32. The van der Waals surface area contributed by atoms with Crippen molar-refractivity contribution in [2.75, 3.05) is 32.4 Å². The average molecular weight is 381 g/mol. The molecule has 2 rings (SSSR count). The third-order valence-electron chi connectivity index (χ3n) is 4.58. The summed E-state index contributed by atoms with van der Waals surface area (Å²) in [6.45, 7) is 9.08. The molecule has 1 aromatic rings. The van der Waals surface area contributed by atoms with Gasteiger partial charge in [0.2, 0.25) is 0 Å². The third kappa shape index (κ3) is 6.61. The Morgan fingerprint density at radius 3 is 2.38 bits per heavy atom. The standard InChI is InChI=1S/C19H32N4O2S/c1-4-12-23-13-10-17(11-14-23)22-19(20-5-2)21-15-16-6-8-18(9-7-16)26(3,24)25/h6-9,17H,4-5,10-15H2,1-3H3,(H2,20,21,22). The van der Waals surface area contributed by atoms with Gasteiger partial charge in [0.25, 0.3) is 0 Å². The number of sulfone groups is 1. The maximum absolute atomic E-state index is 11.5. The summed E-state index contributed by atoms with van der Waals surface area (Å²) >= 11 is 0. The van der Waals surface area contributed by atoms with Crippen LogP contribution in [0.5, 0.6) is 0 Å². The summed E-state index contributed by atoms with van der Waals surface area (Å²) in [6, 6.07) is 7.39. The highest BCUT2D eigenvalue weighted by atomic mass is 32.2. The van der Waals surface area contributed by atoms with Gasteiger partial charge in [-0.25, -0.2) is 13.4 Å². The van der Waals surface area contributed by atoms with Crippen LogP contribution < -0.4 is 10.6 Å². The maximum atomic E-state index is 11.5. The summed E-state index contributed by atoms with van der Waals surface area (Å²) in [5, 5.41) is 6.84. The van der Waals surface area contributed by atoms with Crippen LogP contribution in [0, 0.1) is 0 Å². The molecule has 0 saturated carbocycles. The number of aliphatic imine (C=N–C) groups is 1. The number of rotatable bonds is 7. The van der Waals surface area contributed by atoms with Gasteiger partial charge in [-0.05, 0) is 50.4 Å². The van der Waals surface area contributed by atoms with Crippen LogP contribution in [0.2, 0.25) is 0 Å². The lowest BCUT2D eigenvalue weighted by atomic mass is 10.1. The zero-order chi connectivity index (χ0) is 19.0. The van der Waals surface area contributed by atoms with Crippen LogP contribution in [-0.2, 0) is 16.4 Å².